The Labute approximate surface area is 143 Å². The Bertz CT molecular complexity index is 967. The van der Waals surface area contributed by atoms with Crippen LogP contribution < -0.4 is 0 Å². The summed E-state index contributed by atoms with van der Waals surface area (Å²) in [7, 11) is 2.89. The van der Waals surface area contributed by atoms with Crippen molar-refractivity contribution in [3.8, 4) is 11.3 Å². The Morgan fingerprint density at radius 1 is 1.36 bits per heavy atom. The molecule has 0 saturated heterocycles. The Morgan fingerprint density at radius 2 is 2.16 bits per heavy atom. The van der Waals surface area contributed by atoms with Crippen molar-refractivity contribution in [1.29, 1.82) is 0 Å². The highest BCUT2D eigenvalue weighted by Crippen LogP contribution is 2.39. The molecule has 3 aromatic rings. The van der Waals surface area contributed by atoms with Crippen LogP contribution in [0, 0.1) is 5.82 Å². The lowest BCUT2D eigenvalue weighted by atomic mass is 10.1. The molecule has 4 rings (SSSR count). The van der Waals surface area contributed by atoms with Crippen molar-refractivity contribution in [3.63, 3.8) is 0 Å². The van der Waals surface area contributed by atoms with Crippen LogP contribution in [0.25, 0.3) is 16.9 Å². The molecule has 25 heavy (non-hydrogen) atoms. The van der Waals surface area contributed by atoms with Crippen molar-refractivity contribution in [2.45, 2.75) is 18.8 Å². The van der Waals surface area contributed by atoms with E-state index in [-0.39, 0.29) is 5.56 Å². The van der Waals surface area contributed by atoms with Crippen LogP contribution in [0.4, 0.5) is 4.39 Å². The summed E-state index contributed by atoms with van der Waals surface area (Å²) in [4.78, 5) is 26.0. The van der Waals surface area contributed by atoms with E-state index in [1.807, 2.05) is 6.07 Å². The number of hydrogen-bond acceptors (Lipinski definition) is 5. The summed E-state index contributed by atoms with van der Waals surface area (Å²) in [6.07, 6.45) is 6.41. The van der Waals surface area contributed by atoms with Crippen LogP contribution in [-0.4, -0.2) is 44.7 Å². The van der Waals surface area contributed by atoms with Crippen LogP contribution in [0.15, 0.2) is 30.7 Å². The van der Waals surface area contributed by atoms with E-state index in [0.29, 0.717) is 22.8 Å². The molecule has 0 unspecified atom stereocenters. The summed E-state index contributed by atoms with van der Waals surface area (Å²) in [5.41, 5.74) is 2.59. The van der Waals surface area contributed by atoms with E-state index in [0.717, 1.165) is 29.8 Å². The predicted molar refractivity (Wildman–Crippen MR) is 87.3 cm³/mol. The van der Waals surface area contributed by atoms with Crippen molar-refractivity contribution in [2.75, 3.05) is 14.2 Å². The van der Waals surface area contributed by atoms with Gasteiger partial charge in [0.1, 0.15) is 5.82 Å². The number of pyridine rings is 1. The van der Waals surface area contributed by atoms with Gasteiger partial charge in [-0.1, -0.05) is 0 Å². The summed E-state index contributed by atoms with van der Waals surface area (Å²) < 4.78 is 15.2. The van der Waals surface area contributed by atoms with Crippen molar-refractivity contribution < 1.29 is 14.0 Å². The minimum atomic E-state index is -0.496. The molecule has 1 aliphatic rings. The van der Waals surface area contributed by atoms with Gasteiger partial charge in [0.15, 0.2) is 5.65 Å². The smallest absolute Gasteiger partial charge is 0.274 e. The fourth-order valence-corrected chi connectivity index (χ4v) is 2.69. The van der Waals surface area contributed by atoms with Gasteiger partial charge in [-0.3, -0.25) is 14.6 Å². The molecule has 1 saturated carbocycles. The van der Waals surface area contributed by atoms with Gasteiger partial charge in [0, 0.05) is 37.0 Å². The number of rotatable bonds is 4. The monoisotopic (exact) mass is 341 g/mol. The van der Waals surface area contributed by atoms with Gasteiger partial charge in [-0.25, -0.2) is 19.0 Å². The number of hydrogen-bond donors (Lipinski definition) is 0. The largest absolute Gasteiger partial charge is 0.280 e. The summed E-state index contributed by atoms with van der Waals surface area (Å²) >= 11 is 0. The Hall–Kier alpha value is -2.87. The summed E-state index contributed by atoms with van der Waals surface area (Å²) in [6, 6.07) is 3.20. The maximum absolute atomic E-state index is 13.6. The summed E-state index contributed by atoms with van der Waals surface area (Å²) in [5, 5.41) is 5.60. The van der Waals surface area contributed by atoms with E-state index in [1.165, 1.54) is 26.4 Å². The normalized spacial score (nSPS) is 14.0. The lowest BCUT2D eigenvalue weighted by Gasteiger charge is -2.16. The number of carbonyl (C=O) groups is 1. The molecule has 1 fully saturated rings. The first kappa shape index (κ1) is 15.6. The average molecular weight is 341 g/mol. The Kier molecular flexibility index (Phi) is 3.69. The van der Waals surface area contributed by atoms with Gasteiger partial charge in [-0.2, -0.15) is 5.10 Å². The van der Waals surface area contributed by atoms with Gasteiger partial charge >= 0.3 is 0 Å². The molecule has 1 amide bonds. The molecule has 0 spiro atoms. The first-order chi connectivity index (χ1) is 12.1. The Morgan fingerprint density at radius 3 is 2.84 bits per heavy atom. The zero-order valence-corrected chi connectivity index (χ0v) is 13.8. The van der Waals surface area contributed by atoms with Gasteiger partial charge < -0.3 is 0 Å². The minimum Gasteiger partial charge on any atom is -0.274 e. The van der Waals surface area contributed by atoms with Crippen LogP contribution in [-0.2, 0) is 4.84 Å². The average Bonchev–Trinajstić information content (AvgIpc) is 3.39. The molecule has 0 radical (unpaired) electrons. The number of halogens is 1. The van der Waals surface area contributed by atoms with Crippen LogP contribution >= 0.6 is 0 Å². The number of nitrogens with zero attached hydrogens (tertiary/aromatic N) is 5. The summed E-state index contributed by atoms with van der Waals surface area (Å²) in [6.45, 7) is 0. The molecular formula is C17H16FN5O2. The standard InChI is InChI=1S/C17H16FN5O2/c1-22(25-2)17(24)13-9-23-15(6-14(21-23)10-3-4-10)20-16(13)11-5-12(18)8-19-7-11/h5-10H,3-4H2,1-2H3. The SMILES string of the molecule is CON(C)C(=O)c1cn2nc(C3CC3)cc2nc1-c1cncc(F)c1. The van der Waals surface area contributed by atoms with Gasteiger partial charge in [0.05, 0.1) is 30.3 Å². The van der Waals surface area contributed by atoms with Crippen molar-refractivity contribution in [3.05, 3.63) is 47.8 Å². The maximum atomic E-state index is 13.6. The van der Waals surface area contributed by atoms with Gasteiger partial charge in [-0.05, 0) is 18.9 Å². The van der Waals surface area contributed by atoms with E-state index in [2.05, 4.69) is 15.1 Å². The first-order valence-electron chi connectivity index (χ1n) is 7.90. The molecule has 1 aliphatic carbocycles. The van der Waals surface area contributed by atoms with Gasteiger partial charge in [0.2, 0.25) is 0 Å². The molecular weight excluding hydrogens is 325 g/mol. The number of fused-ring (bicyclic) bond motifs is 1. The highest BCUT2D eigenvalue weighted by molar-refractivity contribution is 5.99. The third-order valence-corrected chi connectivity index (χ3v) is 4.23. The molecule has 128 valence electrons. The molecule has 3 heterocycles. The number of carbonyl (C=O) groups excluding carboxylic acids is 1. The first-order valence-corrected chi connectivity index (χ1v) is 7.90. The lowest BCUT2D eigenvalue weighted by Crippen LogP contribution is -2.26. The maximum Gasteiger partial charge on any atom is 0.280 e. The third-order valence-electron chi connectivity index (χ3n) is 4.23. The van der Waals surface area contributed by atoms with E-state index >= 15 is 0 Å². The molecule has 0 bridgehead atoms. The zero-order chi connectivity index (χ0) is 17.6. The fourth-order valence-electron chi connectivity index (χ4n) is 2.69. The van der Waals surface area contributed by atoms with Gasteiger partial charge in [0.25, 0.3) is 5.91 Å². The van der Waals surface area contributed by atoms with Crippen LogP contribution in [0.5, 0.6) is 0 Å². The van der Waals surface area contributed by atoms with E-state index in [9.17, 15) is 9.18 Å². The fraction of sp³-hybridized carbons (Fsp3) is 0.294. The second kappa shape index (κ2) is 5.89. The molecule has 8 heteroatoms. The quantitative estimate of drug-likeness (QED) is 0.682. The summed E-state index contributed by atoms with van der Waals surface area (Å²) in [5.74, 6) is -0.439. The topological polar surface area (TPSA) is 72.6 Å². The van der Waals surface area contributed by atoms with Crippen LogP contribution in [0.2, 0.25) is 0 Å². The lowest BCUT2D eigenvalue weighted by molar-refractivity contribution is -0.0757. The molecule has 0 aliphatic heterocycles. The van der Waals surface area contributed by atoms with Crippen LogP contribution in [0.1, 0.15) is 34.8 Å². The van der Waals surface area contributed by atoms with Crippen molar-refractivity contribution in [2.24, 2.45) is 0 Å². The molecule has 3 aromatic heterocycles. The molecule has 0 aromatic carbocycles. The predicted octanol–water partition coefficient (Wildman–Crippen LogP) is 2.44. The zero-order valence-electron chi connectivity index (χ0n) is 13.8. The third kappa shape index (κ3) is 2.85. The van der Waals surface area contributed by atoms with Crippen molar-refractivity contribution >= 4 is 11.6 Å². The van der Waals surface area contributed by atoms with Crippen LogP contribution in [0.3, 0.4) is 0 Å². The molecule has 0 atom stereocenters. The van der Waals surface area contributed by atoms with E-state index in [4.69, 9.17) is 4.84 Å². The molecule has 7 nitrogen and oxygen atoms in total. The second-order valence-corrected chi connectivity index (χ2v) is 6.03. The Balaban J connectivity index is 1.91. The number of amides is 1. The second-order valence-electron chi connectivity index (χ2n) is 6.03. The highest BCUT2D eigenvalue weighted by Gasteiger charge is 2.27. The highest BCUT2D eigenvalue weighted by atomic mass is 19.1. The van der Waals surface area contributed by atoms with Crippen molar-refractivity contribution in [1.82, 2.24) is 24.6 Å². The number of aromatic nitrogens is 4. The minimum absolute atomic E-state index is 0.259. The van der Waals surface area contributed by atoms with E-state index < -0.39 is 11.7 Å². The number of hydroxylamine groups is 2. The van der Waals surface area contributed by atoms with Gasteiger partial charge in [-0.15, -0.1) is 0 Å². The van der Waals surface area contributed by atoms with E-state index in [1.54, 1.807) is 10.7 Å². The molecule has 0 N–H and O–H groups in total.